The van der Waals surface area contributed by atoms with Gasteiger partial charge in [-0.25, -0.2) is 4.79 Å². The molecule has 0 radical (unpaired) electrons. The first-order chi connectivity index (χ1) is 9.99. The normalized spacial score (nSPS) is 17.6. The second-order valence-corrected chi connectivity index (χ2v) is 5.13. The molecule has 6 heteroatoms. The highest BCUT2D eigenvalue weighted by Crippen LogP contribution is 2.17. The fraction of sp³-hybridized carbons (Fsp3) is 0.400. The zero-order valence-corrected chi connectivity index (χ0v) is 11.8. The molecule has 0 saturated carbocycles. The summed E-state index contributed by atoms with van der Waals surface area (Å²) in [6, 6.07) is 6.24. The highest BCUT2D eigenvalue weighted by atomic mass is 16.4. The van der Waals surface area contributed by atoms with Crippen LogP contribution in [0.5, 0.6) is 0 Å². The molecule has 0 aliphatic carbocycles. The van der Waals surface area contributed by atoms with Crippen molar-refractivity contribution in [2.75, 3.05) is 13.1 Å². The molecule has 1 fully saturated rings. The first-order valence-electron chi connectivity index (χ1n) is 6.86. The maximum atomic E-state index is 12.0. The van der Waals surface area contributed by atoms with Crippen molar-refractivity contribution >= 4 is 17.8 Å². The first kappa shape index (κ1) is 15.0. The highest BCUT2D eigenvalue weighted by Gasteiger charge is 2.33. The first-order valence-corrected chi connectivity index (χ1v) is 6.86. The van der Waals surface area contributed by atoms with Gasteiger partial charge in [0.25, 0.3) is 5.91 Å². The van der Waals surface area contributed by atoms with E-state index in [9.17, 15) is 14.4 Å². The zero-order valence-electron chi connectivity index (χ0n) is 11.8. The van der Waals surface area contributed by atoms with Crippen LogP contribution < -0.4 is 5.32 Å². The Morgan fingerprint density at radius 2 is 1.95 bits per heavy atom. The number of carbonyl (C=O) groups is 3. The van der Waals surface area contributed by atoms with Crippen LogP contribution in [0.4, 0.5) is 0 Å². The number of carboxylic acids is 1. The number of carbonyl (C=O) groups excluding carboxylic acids is 2. The lowest BCUT2D eigenvalue weighted by molar-refractivity contribution is -0.147. The number of hydrogen-bond donors (Lipinski definition) is 2. The van der Waals surface area contributed by atoms with E-state index in [0.29, 0.717) is 24.9 Å². The van der Waals surface area contributed by atoms with Gasteiger partial charge in [0, 0.05) is 12.1 Å². The van der Waals surface area contributed by atoms with Gasteiger partial charge in [-0.15, -0.1) is 0 Å². The van der Waals surface area contributed by atoms with E-state index in [4.69, 9.17) is 5.11 Å². The smallest absolute Gasteiger partial charge is 0.326 e. The van der Waals surface area contributed by atoms with Crippen LogP contribution in [0.2, 0.25) is 0 Å². The molecule has 2 rings (SSSR count). The van der Waals surface area contributed by atoms with Gasteiger partial charge in [0.15, 0.2) is 0 Å². The summed E-state index contributed by atoms with van der Waals surface area (Å²) in [5.74, 6) is -1.69. The molecule has 0 unspecified atom stereocenters. The van der Waals surface area contributed by atoms with E-state index in [-0.39, 0.29) is 18.4 Å². The molecule has 0 spiro atoms. The zero-order chi connectivity index (χ0) is 15.4. The maximum Gasteiger partial charge on any atom is 0.326 e. The van der Waals surface area contributed by atoms with Gasteiger partial charge in [-0.2, -0.15) is 0 Å². The Hall–Kier alpha value is -2.37. The molecule has 1 atom stereocenters. The number of nitrogens with zero attached hydrogens (tertiary/aromatic N) is 1. The molecule has 1 aliphatic rings. The Bertz CT molecular complexity index is 553. The largest absolute Gasteiger partial charge is 0.480 e. The van der Waals surface area contributed by atoms with Crippen LogP contribution in [0.3, 0.4) is 0 Å². The van der Waals surface area contributed by atoms with Gasteiger partial charge in [0.05, 0.1) is 6.54 Å². The van der Waals surface area contributed by atoms with E-state index in [2.05, 4.69) is 5.32 Å². The van der Waals surface area contributed by atoms with Gasteiger partial charge in [-0.1, -0.05) is 17.7 Å². The lowest BCUT2D eigenvalue weighted by Gasteiger charge is -2.21. The van der Waals surface area contributed by atoms with Gasteiger partial charge >= 0.3 is 5.97 Å². The molecule has 0 bridgehead atoms. The second kappa shape index (κ2) is 6.39. The molecular formula is C15H18N2O4. The molecule has 1 saturated heterocycles. The number of hydrogen-bond acceptors (Lipinski definition) is 3. The maximum absolute atomic E-state index is 12.0. The van der Waals surface area contributed by atoms with Crippen LogP contribution in [0.15, 0.2) is 24.3 Å². The van der Waals surface area contributed by atoms with E-state index in [1.54, 1.807) is 12.1 Å². The SMILES string of the molecule is Cc1ccc(C(=O)NCC(=O)N2CCC[C@H]2C(=O)O)cc1. The van der Waals surface area contributed by atoms with E-state index in [1.165, 1.54) is 4.90 Å². The quantitative estimate of drug-likeness (QED) is 0.858. The average molecular weight is 290 g/mol. The van der Waals surface area contributed by atoms with Crippen molar-refractivity contribution in [2.24, 2.45) is 0 Å². The van der Waals surface area contributed by atoms with Crippen LogP contribution >= 0.6 is 0 Å². The van der Waals surface area contributed by atoms with Crippen molar-refractivity contribution in [1.82, 2.24) is 10.2 Å². The third-order valence-electron chi connectivity index (χ3n) is 3.57. The molecule has 1 aromatic carbocycles. The molecule has 2 amide bonds. The lowest BCUT2D eigenvalue weighted by Crippen LogP contribution is -2.45. The minimum absolute atomic E-state index is 0.184. The summed E-state index contributed by atoms with van der Waals surface area (Å²) in [6.45, 7) is 2.16. The Labute approximate surface area is 122 Å². The number of likely N-dealkylation sites (tertiary alicyclic amines) is 1. The molecular weight excluding hydrogens is 272 g/mol. The van der Waals surface area contributed by atoms with Gasteiger partial charge in [0.1, 0.15) is 6.04 Å². The van der Waals surface area contributed by atoms with Gasteiger partial charge in [-0.05, 0) is 31.9 Å². The number of carboxylic acid groups (broad SMARTS) is 1. The molecule has 112 valence electrons. The number of nitrogens with one attached hydrogen (secondary N) is 1. The minimum Gasteiger partial charge on any atom is -0.480 e. The molecule has 1 aromatic rings. The Morgan fingerprint density at radius 3 is 2.57 bits per heavy atom. The van der Waals surface area contributed by atoms with Gasteiger partial charge in [-0.3, -0.25) is 9.59 Å². The van der Waals surface area contributed by atoms with E-state index < -0.39 is 12.0 Å². The number of amides is 2. The number of aryl methyl sites for hydroxylation is 1. The number of benzene rings is 1. The van der Waals surface area contributed by atoms with Gasteiger partial charge < -0.3 is 15.3 Å². The summed E-state index contributed by atoms with van der Waals surface area (Å²) in [6.07, 6.45) is 1.14. The molecule has 6 nitrogen and oxygen atoms in total. The van der Waals surface area contributed by atoms with Crippen molar-refractivity contribution in [2.45, 2.75) is 25.8 Å². The average Bonchev–Trinajstić information content (AvgIpc) is 2.95. The number of rotatable bonds is 4. The van der Waals surface area contributed by atoms with Crippen molar-refractivity contribution in [3.05, 3.63) is 35.4 Å². The fourth-order valence-electron chi connectivity index (χ4n) is 2.39. The van der Waals surface area contributed by atoms with E-state index in [0.717, 1.165) is 5.56 Å². The van der Waals surface area contributed by atoms with Crippen LogP contribution in [-0.4, -0.2) is 46.9 Å². The fourth-order valence-corrected chi connectivity index (χ4v) is 2.39. The van der Waals surface area contributed by atoms with Crippen molar-refractivity contribution in [3.8, 4) is 0 Å². The molecule has 21 heavy (non-hydrogen) atoms. The predicted octanol–water partition coefficient (Wildman–Crippen LogP) is 0.800. The third kappa shape index (κ3) is 3.59. The summed E-state index contributed by atoms with van der Waals surface area (Å²) < 4.78 is 0. The second-order valence-electron chi connectivity index (χ2n) is 5.13. The standard InChI is InChI=1S/C15H18N2O4/c1-10-4-6-11(7-5-10)14(19)16-9-13(18)17-8-2-3-12(17)15(20)21/h4-7,12H,2-3,8-9H2,1H3,(H,16,19)(H,20,21)/t12-/m0/s1. The summed E-state index contributed by atoms with van der Waals surface area (Å²) >= 11 is 0. The Morgan fingerprint density at radius 1 is 1.29 bits per heavy atom. The van der Waals surface area contributed by atoms with Crippen LogP contribution in [0, 0.1) is 6.92 Å². The van der Waals surface area contributed by atoms with Crippen molar-refractivity contribution in [1.29, 1.82) is 0 Å². The molecule has 1 heterocycles. The van der Waals surface area contributed by atoms with E-state index >= 15 is 0 Å². The highest BCUT2D eigenvalue weighted by molar-refractivity contribution is 5.97. The monoisotopic (exact) mass is 290 g/mol. The summed E-state index contributed by atoms with van der Waals surface area (Å²) in [5, 5.41) is 11.6. The minimum atomic E-state index is -0.995. The summed E-state index contributed by atoms with van der Waals surface area (Å²) in [7, 11) is 0. The molecule has 0 aromatic heterocycles. The van der Waals surface area contributed by atoms with Crippen molar-refractivity contribution in [3.63, 3.8) is 0 Å². The van der Waals surface area contributed by atoms with Gasteiger partial charge in [0.2, 0.25) is 5.91 Å². The Balaban J connectivity index is 1.90. The van der Waals surface area contributed by atoms with Crippen LogP contribution in [0.25, 0.3) is 0 Å². The van der Waals surface area contributed by atoms with E-state index in [1.807, 2.05) is 19.1 Å². The summed E-state index contributed by atoms with van der Waals surface area (Å²) in [4.78, 5) is 36.2. The van der Waals surface area contributed by atoms with Crippen molar-refractivity contribution < 1.29 is 19.5 Å². The number of aliphatic carboxylic acids is 1. The third-order valence-corrected chi connectivity index (χ3v) is 3.57. The molecule has 1 aliphatic heterocycles. The Kier molecular flexibility index (Phi) is 4.57. The van der Waals surface area contributed by atoms with Crippen LogP contribution in [0.1, 0.15) is 28.8 Å². The van der Waals surface area contributed by atoms with Crippen LogP contribution in [-0.2, 0) is 9.59 Å². The topological polar surface area (TPSA) is 86.7 Å². The summed E-state index contributed by atoms with van der Waals surface area (Å²) in [5.41, 5.74) is 1.52. The molecule has 2 N–H and O–H groups in total. The predicted molar refractivity (Wildman–Crippen MR) is 75.9 cm³/mol. The lowest BCUT2D eigenvalue weighted by atomic mass is 10.1.